The highest BCUT2D eigenvalue weighted by molar-refractivity contribution is 5.83. The third kappa shape index (κ3) is 10.9. The summed E-state index contributed by atoms with van der Waals surface area (Å²) in [6.45, 7) is 5.66. The molecule has 0 heterocycles. The number of esters is 1. The quantitative estimate of drug-likeness (QED) is 0.226. The van der Waals surface area contributed by atoms with E-state index in [1.807, 2.05) is 30.3 Å². The van der Waals surface area contributed by atoms with E-state index in [1.165, 1.54) is 44.6 Å². The van der Waals surface area contributed by atoms with Gasteiger partial charge in [0.15, 0.2) is 0 Å². The number of rotatable bonds is 10. The van der Waals surface area contributed by atoms with Gasteiger partial charge >= 0.3 is 5.97 Å². The normalized spacial score (nSPS) is 9.81. The van der Waals surface area contributed by atoms with Gasteiger partial charge in [0, 0.05) is 6.08 Å². The maximum absolute atomic E-state index is 11.3. The van der Waals surface area contributed by atoms with Crippen molar-refractivity contribution in [3.8, 4) is 11.5 Å². The van der Waals surface area contributed by atoms with Crippen LogP contribution in [-0.4, -0.2) is 11.1 Å². The monoisotopic (exact) mass is 368 g/mol. The van der Waals surface area contributed by atoms with Gasteiger partial charge in [0.1, 0.15) is 11.5 Å². The Morgan fingerprint density at radius 2 is 1.52 bits per heavy atom. The first-order valence-corrected chi connectivity index (χ1v) is 9.83. The SMILES string of the molecule is C=CC(=O)Oc1ccccc1CCCCCCCCC.Oc1ccccc1. The number of aromatic hydroxyl groups is 1. The standard InChI is InChI=1S/C18H26O2.C6H6O/c1-3-5-6-7-8-9-10-13-16-14-11-12-15-17(16)20-18(19)4-2;7-6-4-2-1-3-5-6/h4,11-12,14-15H,2-3,5-10,13H2,1H3;1-5,7H. The third-order valence-corrected chi connectivity index (χ3v) is 4.16. The molecule has 0 aliphatic rings. The predicted octanol–water partition coefficient (Wildman–Crippen LogP) is 6.46. The fraction of sp³-hybridized carbons (Fsp3) is 0.375. The molecule has 27 heavy (non-hydrogen) atoms. The molecule has 0 atom stereocenters. The Kier molecular flexibility index (Phi) is 12.2. The van der Waals surface area contributed by atoms with Crippen LogP contribution in [0, 0.1) is 0 Å². The van der Waals surface area contributed by atoms with Crippen LogP contribution in [0.1, 0.15) is 57.4 Å². The van der Waals surface area contributed by atoms with Crippen LogP contribution in [0.4, 0.5) is 0 Å². The highest BCUT2D eigenvalue weighted by Crippen LogP contribution is 2.21. The number of ether oxygens (including phenoxy) is 1. The molecule has 0 aliphatic carbocycles. The molecule has 0 bridgehead atoms. The summed E-state index contributed by atoms with van der Waals surface area (Å²) in [7, 11) is 0. The first kappa shape index (κ1) is 22.5. The lowest BCUT2D eigenvalue weighted by molar-refractivity contribution is -0.129. The van der Waals surface area contributed by atoms with Gasteiger partial charge in [0.25, 0.3) is 0 Å². The van der Waals surface area contributed by atoms with Crippen LogP contribution < -0.4 is 4.74 Å². The lowest BCUT2D eigenvalue weighted by Gasteiger charge is -2.08. The second-order valence-electron chi connectivity index (χ2n) is 6.44. The Bertz CT molecular complexity index is 650. The van der Waals surface area contributed by atoms with Crippen molar-refractivity contribution in [3.63, 3.8) is 0 Å². The van der Waals surface area contributed by atoms with Gasteiger partial charge < -0.3 is 9.84 Å². The number of para-hydroxylation sites is 2. The Labute approximate surface area is 163 Å². The van der Waals surface area contributed by atoms with Crippen molar-refractivity contribution in [2.45, 2.75) is 58.3 Å². The summed E-state index contributed by atoms with van der Waals surface area (Å²) in [5, 5.41) is 8.63. The molecule has 0 saturated heterocycles. The lowest BCUT2D eigenvalue weighted by Crippen LogP contribution is -2.05. The topological polar surface area (TPSA) is 46.5 Å². The summed E-state index contributed by atoms with van der Waals surface area (Å²) < 4.78 is 5.25. The van der Waals surface area contributed by atoms with Crippen LogP contribution in [0.2, 0.25) is 0 Å². The van der Waals surface area contributed by atoms with E-state index < -0.39 is 5.97 Å². The summed E-state index contributed by atoms with van der Waals surface area (Å²) in [6.07, 6.45) is 11.2. The van der Waals surface area contributed by atoms with Crippen molar-refractivity contribution in [2.75, 3.05) is 0 Å². The minimum absolute atomic E-state index is 0.322. The number of hydrogen-bond acceptors (Lipinski definition) is 3. The van der Waals surface area contributed by atoms with E-state index in [1.54, 1.807) is 24.3 Å². The Hall–Kier alpha value is -2.55. The van der Waals surface area contributed by atoms with Crippen LogP contribution in [-0.2, 0) is 11.2 Å². The van der Waals surface area contributed by atoms with E-state index in [2.05, 4.69) is 13.5 Å². The highest BCUT2D eigenvalue weighted by Gasteiger charge is 2.05. The molecular formula is C24H32O3. The molecule has 2 rings (SSSR count). The molecule has 2 aromatic rings. The molecule has 1 N–H and O–H groups in total. The van der Waals surface area contributed by atoms with E-state index in [0.717, 1.165) is 18.4 Å². The zero-order valence-corrected chi connectivity index (χ0v) is 16.4. The van der Waals surface area contributed by atoms with E-state index in [0.29, 0.717) is 11.5 Å². The van der Waals surface area contributed by atoms with Gasteiger partial charge in [-0.3, -0.25) is 0 Å². The number of benzene rings is 2. The second kappa shape index (κ2) is 14.6. The van der Waals surface area contributed by atoms with Crippen LogP contribution in [0.3, 0.4) is 0 Å². The van der Waals surface area contributed by atoms with Crippen LogP contribution >= 0.6 is 0 Å². The predicted molar refractivity (Wildman–Crippen MR) is 112 cm³/mol. The minimum Gasteiger partial charge on any atom is -0.508 e. The minimum atomic E-state index is -0.392. The summed E-state index contributed by atoms with van der Waals surface area (Å²) in [5.41, 5.74) is 1.11. The lowest BCUT2D eigenvalue weighted by atomic mass is 10.0. The first-order valence-electron chi connectivity index (χ1n) is 9.83. The van der Waals surface area contributed by atoms with Gasteiger partial charge in [-0.25, -0.2) is 4.79 Å². The van der Waals surface area contributed by atoms with E-state index in [-0.39, 0.29) is 0 Å². The zero-order chi connectivity index (χ0) is 19.7. The second-order valence-corrected chi connectivity index (χ2v) is 6.44. The zero-order valence-electron chi connectivity index (χ0n) is 16.4. The first-order chi connectivity index (χ1) is 13.2. The molecule has 0 saturated carbocycles. The molecule has 0 fully saturated rings. The third-order valence-electron chi connectivity index (χ3n) is 4.16. The maximum Gasteiger partial charge on any atom is 0.335 e. The van der Waals surface area contributed by atoms with Gasteiger partial charge in [-0.2, -0.15) is 0 Å². The maximum atomic E-state index is 11.3. The molecule has 0 aromatic heterocycles. The number of phenols is 1. The average molecular weight is 369 g/mol. The van der Waals surface area contributed by atoms with Gasteiger partial charge in [-0.15, -0.1) is 0 Å². The van der Waals surface area contributed by atoms with Crippen molar-refractivity contribution < 1.29 is 14.6 Å². The fourth-order valence-corrected chi connectivity index (χ4v) is 2.66. The molecule has 2 aromatic carbocycles. The molecule has 0 radical (unpaired) electrons. The number of carbonyl (C=O) groups excluding carboxylic acids is 1. The molecule has 3 heteroatoms. The Morgan fingerprint density at radius 3 is 2.11 bits per heavy atom. The van der Waals surface area contributed by atoms with Gasteiger partial charge in [-0.1, -0.05) is 88.4 Å². The summed E-state index contributed by atoms with van der Waals surface area (Å²) >= 11 is 0. The molecule has 0 spiro atoms. The van der Waals surface area contributed by atoms with Gasteiger partial charge in [0.2, 0.25) is 0 Å². The molecule has 3 nitrogen and oxygen atoms in total. The van der Waals surface area contributed by atoms with Crippen LogP contribution in [0.15, 0.2) is 67.3 Å². The number of carbonyl (C=O) groups is 1. The van der Waals surface area contributed by atoms with Crippen molar-refractivity contribution in [2.24, 2.45) is 0 Å². The number of aryl methyl sites for hydroxylation is 1. The summed E-state index contributed by atoms with van der Waals surface area (Å²) in [4.78, 5) is 11.3. The molecular weight excluding hydrogens is 336 g/mol. The van der Waals surface area contributed by atoms with Crippen molar-refractivity contribution in [3.05, 3.63) is 72.8 Å². The number of phenolic OH excluding ortho intramolecular Hbond substituents is 1. The molecule has 0 unspecified atom stereocenters. The summed E-state index contributed by atoms with van der Waals surface area (Å²) in [6, 6.07) is 16.5. The molecule has 0 amide bonds. The van der Waals surface area contributed by atoms with Crippen molar-refractivity contribution in [1.82, 2.24) is 0 Å². The Balaban J connectivity index is 0.000000433. The molecule has 146 valence electrons. The molecule has 0 aliphatic heterocycles. The Morgan fingerprint density at radius 1 is 0.926 bits per heavy atom. The largest absolute Gasteiger partial charge is 0.508 e. The fourth-order valence-electron chi connectivity index (χ4n) is 2.66. The van der Waals surface area contributed by atoms with E-state index in [9.17, 15) is 4.79 Å². The van der Waals surface area contributed by atoms with E-state index >= 15 is 0 Å². The van der Waals surface area contributed by atoms with Gasteiger partial charge in [-0.05, 0) is 36.6 Å². The average Bonchev–Trinajstić information content (AvgIpc) is 2.69. The highest BCUT2D eigenvalue weighted by atomic mass is 16.5. The van der Waals surface area contributed by atoms with Crippen LogP contribution in [0.25, 0.3) is 0 Å². The van der Waals surface area contributed by atoms with Gasteiger partial charge in [0.05, 0.1) is 0 Å². The number of hydrogen-bond donors (Lipinski definition) is 1. The van der Waals surface area contributed by atoms with E-state index in [4.69, 9.17) is 9.84 Å². The van der Waals surface area contributed by atoms with Crippen molar-refractivity contribution in [1.29, 1.82) is 0 Å². The number of unbranched alkanes of at least 4 members (excludes halogenated alkanes) is 6. The smallest absolute Gasteiger partial charge is 0.335 e. The van der Waals surface area contributed by atoms with Crippen LogP contribution in [0.5, 0.6) is 11.5 Å². The summed E-state index contributed by atoms with van der Waals surface area (Å²) in [5.74, 6) is 0.600. The van der Waals surface area contributed by atoms with Crippen molar-refractivity contribution >= 4 is 5.97 Å².